The number of carbonyl (C=O) groups excluding carboxylic acids is 2. The first-order chi connectivity index (χ1) is 6.63. The zero-order valence-corrected chi connectivity index (χ0v) is 8.41. The number of Topliss-reactive ketones (excluding diaryl/α,β-unsaturated/α-hetero) is 1. The average Bonchev–Trinajstić information content (AvgIpc) is 2.41. The molecule has 0 aromatic carbocycles. The average molecular weight is 213 g/mol. The summed E-state index contributed by atoms with van der Waals surface area (Å²) in [5.74, 6) is 0.272. The standard InChI is InChI=1S/C9H9ClN2O2/c1-5-7(4-13)12-3-6(10)2-8(14)9(12)11-5/h4,6H,2-3H2,1H3. The lowest BCUT2D eigenvalue weighted by Crippen LogP contribution is -2.26. The van der Waals surface area contributed by atoms with Crippen LogP contribution in [0.15, 0.2) is 0 Å². The Kier molecular flexibility index (Phi) is 2.15. The van der Waals surface area contributed by atoms with E-state index in [1.807, 2.05) is 0 Å². The van der Waals surface area contributed by atoms with Crippen LogP contribution in [0.5, 0.6) is 0 Å². The number of aldehydes is 1. The summed E-state index contributed by atoms with van der Waals surface area (Å²) in [6, 6.07) is 0. The highest BCUT2D eigenvalue weighted by Gasteiger charge is 2.28. The molecule has 74 valence electrons. The van der Waals surface area contributed by atoms with Gasteiger partial charge in [-0.2, -0.15) is 0 Å². The molecule has 0 N–H and O–H groups in total. The molecule has 2 rings (SSSR count). The summed E-state index contributed by atoms with van der Waals surface area (Å²) in [7, 11) is 0. The number of aryl methyl sites for hydroxylation is 1. The van der Waals surface area contributed by atoms with Crippen molar-refractivity contribution in [3.8, 4) is 0 Å². The summed E-state index contributed by atoms with van der Waals surface area (Å²) in [4.78, 5) is 26.3. The van der Waals surface area contributed by atoms with Crippen LogP contribution in [0.1, 0.15) is 33.2 Å². The molecule has 4 nitrogen and oxygen atoms in total. The topological polar surface area (TPSA) is 52.0 Å². The third-order valence-electron chi connectivity index (χ3n) is 2.34. The summed E-state index contributed by atoms with van der Waals surface area (Å²) >= 11 is 5.89. The van der Waals surface area contributed by atoms with Gasteiger partial charge in [-0.1, -0.05) is 0 Å². The largest absolute Gasteiger partial charge is 0.318 e. The second kappa shape index (κ2) is 3.20. The molecule has 0 amide bonds. The third kappa shape index (κ3) is 1.26. The molecular weight excluding hydrogens is 204 g/mol. The van der Waals surface area contributed by atoms with Gasteiger partial charge in [0.15, 0.2) is 17.9 Å². The Morgan fingerprint density at radius 2 is 2.36 bits per heavy atom. The van der Waals surface area contributed by atoms with E-state index < -0.39 is 0 Å². The number of aromatic nitrogens is 2. The molecule has 1 aliphatic heterocycles. The maximum atomic E-state index is 11.5. The molecule has 0 saturated heterocycles. The van der Waals surface area contributed by atoms with Gasteiger partial charge in [-0.15, -0.1) is 11.6 Å². The van der Waals surface area contributed by atoms with Gasteiger partial charge in [-0.25, -0.2) is 4.98 Å². The van der Waals surface area contributed by atoms with Crippen LogP contribution in [-0.2, 0) is 6.54 Å². The lowest BCUT2D eigenvalue weighted by atomic mass is 10.1. The first-order valence-electron chi connectivity index (χ1n) is 4.33. The molecule has 0 bridgehead atoms. The molecule has 0 aliphatic carbocycles. The van der Waals surface area contributed by atoms with E-state index in [1.54, 1.807) is 11.5 Å². The smallest absolute Gasteiger partial charge is 0.199 e. The minimum atomic E-state index is -0.234. The summed E-state index contributed by atoms with van der Waals surface area (Å²) in [5.41, 5.74) is 1.05. The van der Waals surface area contributed by atoms with E-state index in [-0.39, 0.29) is 11.2 Å². The van der Waals surface area contributed by atoms with E-state index in [4.69, 9.17) is 11.6 Å². The van der Waals surface area contributed by atoms with Gasteiger partial charge in [0.25, 0.3) is 0 Å². The van der Waals surface area contributed by atoms with Crippen molar-refractivity contribution in [3.63, 3.8) is 0 Å². The van der Waals surface area contributed by atoms with Gasteiger partial charge < -0.3 is 4.57 Å². The molecule has 1 unspecified atom stereocenters. The number of nitrogens with zero attached hydrogens (tertiary/aromatic N) is 2. The van der Waals surface area contributed by atoms with E-state index in [9.17, 15) is 9.59 Å². The van der Waals surface area contributed by atoms with Gasteiger partial charge in [0, 0.05) is 13.0 Å². The molecule has 1 aromatic heterocycles. The number of rotatable bonds is 1. The van der Waals surface area contributed by atoms with Gasteiger partial charge in [-0.3, -0.25) is 9.59 Å². The number of hydrogen-bond acceptors (Lipinski definition) is 3. The highest BCUT2D eigenvalue weighted by Crippen LogP contribution is 2.21. The lowest BCUT2D eigenvalue weighted by molar-refractivity contribution is 0.0950. The third-order valence-corrected chi connectivity index (χ3v) is 2.63. The van der Waals surface area contributed by atoms with Gasteiger partial charge in [0.1, 0.15) is 5.69 Å². The number of hydrogen-bond donors (Lipinski definition) is 0. The van der Waals surface area contributed by atoms with Gasteiger partial charge in [-0.05, 0) is 6.92 Å². The molecule has 14 heavy (non-hydrogen) atoms. The van der Waals surface area contributed by atoms with Crippen LogP contribution in [0.4, 0.5) is 0 Å². The lowest BCUT2D eigenvalue weighted by Gasteiger charge is -2.18. The first kappa shape index (κ1) is 9.40. The molecule has 0 radical (unpaired) electrons. The van der Waals surface area contributed by atoms with Crippen molar-refractivity contribution in [1.29, 1.82) is 0 Å². The molecule has 0 spiro atoms. The molecule has 2 heterocycles. The van der Waals surface area contributed by atoms with Gasteiger partial charge in [0.05, 0.1) is 11.1 Å². The fraction of sp³-hybridized carbons (Fsp3) is 0.444. The Hall–Kier alpha value is -1.16. The number of alkyl halides is 1. The molecule has 0 fully saturated rings. The second-order valence-electron chi connectivity index (χ2n) is 3.36. The first-order valence-corrected chi connectivity index (χ1v) is 4.76. The molecule has 0 saturated carbocycles. The monoisotopic (exact) mass is 212 g/mol. The van der Waals surface area contributed by atoms with Crippen molar-refractivity contribution in [2.45, 2.75) is 25.3 Å². The van der Waals surface area contributed by atoms with Crippen LogP contribution >= 0.6 is 11.6 Å². The summed E-state index contributed by atoms with van der Waals surface area (Å²) in [6.45, 7) is 2.20. The van der Waals surface area contributed by atoms with Crippen molar-refractivity contribution in [3.05, 3.63) is 17.2 Å². The Labute approximate surface area is 85.9 Å². The maximum Gasteiger partial charge on any atom is 0.199 e. The fourth-order valence-electron chi connectivity index (χ4n) is 1.69. The Bertz CT molecular complexity index is 411. The van der Waals surface area contributed by atoms with Crippen LogP contribution < -0.4 is 0 Å². The highest BCUT2D eigenvalue weighted by atomic mass is 35.5. The number of fused-ring (bicyclic) bond motifs is 1. The van der Waals surface area contributed by atoms with Crippen LogP contribution in [0.3, 0.4) is 0 Å². The summed E-state index contributed by atoms with van der Waals surface area (Å²) < 4.78 is 1.60. The Morgan fingerprint density at radius 3 is 3.00 bits per heavy atom. The summed E-state index contributed by atoms with van der Waals surface area (Å²) in [6.07, 6.45) is 1.02. The number of halogens is 1. The van der Waals surface area contributed by atoms with E-state index in [1.165, 1.54) is 0 Å². The van der Waals surface area contributed by atoms with E-state index in [2.05, 4.69) is 4.98 Å². The normalized spacial score (nSPS) is 20.7. The minimum absolute atomic E-state index is 0.0903. The molecular formula is C9H9ClN2O2. The molecule has 1 aromatic rings. The van der Waals surface area contributed by atoms with Crippen molar-refractivity contribution >= 4 is 23.7 Å². The van der Waals surface area contributed by atoms with E-state index in [0.717, 1.165) is 0 Å². The second-order valence-corrected chi connectivity index (χ2v) is 3.98. The number of ketones is 1. The van der Waals surface area contributed by atoms with Crippen molar-refractivity contribution < 1.29 is 9.59 Å². The van der Waals surface area contributed by atoms with Crippen LogP contribution in [-0.4, -0.2) is 27.0 Å². The fourth-order valence-corrected chi connectivity index (χ4v) is 1.97. The SMILES string of the molecule is Cc1nc2n(c1C=O)CC(Cl)CC2=O. The summed E-state index contributed by atoms with van der Waals surface area (Å²) in [5, 5.41) is -0.234. The highest BCUT2D eigenvalue weighted by molar-refractivity contribution is 6.22. The van der Waals surface area contributed by atoms with Crippen molar-refractivity contribution in [2.24, 2.45) is 0 Å². The maximum absolute atomic E-state index is 11.5. The van der Waals surface area contributed by atoms with Crippen LogP contribution in [0.2, 0.25) is 0 Å². The zero-order valence-electron chi connectivity index (χ0n) is 7.66. The molecule has 1 atom stereocenters. The predicted molar refractivity (Wildman–Crippen MR) is 50.9 cm³/mol. The molecule has 5 heteroatoms. The minimum Gasteiger partial charge on any atom is -0.318 e. The number of imidazole rings is 1. The zero-order chi connectivity index (χ0) is 10.3. The van der Waals surface area contributed by atoms with E-state index in [0.29, 0.717) is 36.5 Å². The van der Waals surface area contributed by atoms with Gasteiger partial charge >= 0.3 is 0 Å². The number of carbonyl (C=O) groups is 2. The Balaban J connectivity index is 2.59. The van der Waals surface area contributed by atoms with Crippen LogP contribution in [0.25, 0.3) is 0 Å². The van der Waals surface area contributed by atoms with Crippen LogP contribution in [0, 0.1) is 6.92 Å². The molecule has 1 aliphatic rings. The Morgan fingerprint density at radius 1 is 1.64 bits per heavy atom. The quantitative estimate of drug-likeness (QED) is 0.519. The van der Waals surface area contributed by atoms with Gasteiger partial charge in [0.2, 0.25) is 0 Å². The predicted octanol–water partition coefficient (Wildman–Crippen LogP) is 1.20. The van der Waals surface area contributed by atoms with E-state index >= 15 is 0 Å². The van der Waals surface area contributed by atoms with Crippen molar-refractivity contribution in [2.75, 3.05) is 0 Å². The van der Waals surface area contributed by atoms with Crippen molar-refractivity contribution in [1.82, 2.24) is 9.55 Å².